The molecule has 1 spiro atoms. The fraction of sp³-hybridized carbons (Fsp3) is 0.857. The number of amides is 2. The van der Waals surface area contributed by atoms with Crippen LogP contribution in [0, 0.1) is 11.3 Å². The average Bonchev–Trinajstić information content (AvgIpc) is 2.81. The molecular formula is C14H24N2O4. The maximum atomic E-state index is 11.9. The number of urea groups is 1. The van der Waals surface area contributed by atoms with Crippen molar-refractivity contribution < 1.29 is 19.5 Å². The Kier molecular flexibility index (Phi) is 4.22. The number of ether oxygens (including phenoxy) is 1. The van der Waals surface area contributed by atoms with Gasteiger partial charge in [0.05, 0.1) is 0 Å². The van der Waals surface area contributed by atoms with Crippen molar-refractivity contribution in [3.8, 4) is 0 Å². The Hall–Kier alpha value is -1.30. The molecular weight excluding hydrogens is 260 g/mol. The van der Waals surface area contributed by atoms with Gasteiger partial charge < -0.3 is 9.64 Å². The van der Waals surface area contributed by atoms with Gasteiger partial charge in [-0.2, -0.15) is 5.06 Å². The van der Waals surface area contributed by atoms with Crippen LogP contribution >= 0.6 is 0 Å². The predicted molar refractivity (Wildman–Crippen MR) is 71.9 cm³/mol. The number of hydroxylamine groups is 2. The topological polar surface area (TPSA) is 70.1 Å². The molecule has 2 amide bonds. The van der Waals surface area contributed by atoms with Gasteiger partial charge in [0.2, 0.25) is 6.23 Å². The minimum atomic E-state index is -0.847. The summed E-state index contributed by atoms with van der Waals surface area (Å²) in [7, 11) is 1.66. The molecule has 0 aromatic heterocycles. The highest BCUT2D eigenvalue weighted by atomic mass is 16.6. The van der Waals surface area contributed by atoms with Crippen molar-refractivity contribution in [3.63, 3.8) is 0 Å². The van der Waals surface area contributed by atoms with Gasteiger partial charge in [-0.25, -0.2) is 4.79 Å². The molecule has 114 valence electrons. The second-order valence-corrected chi connectivity index (χ2v) is 6.49. The molecule has 1 saturated heterocycles. The lowest BCUT2D eigenvalue weighted by Gasteiger charge is -2.47. The highest BCUT2D eigenvalue weighted by molar-refractivity contribution is 5.75. The Balaban J connectivity index is 2.16. The van der Waals surface area contributed by atoms with E-state index in [1.165, 1.54) is 4.90 Å². The molecule has 0 radical (unpaired) electrons. The molecule has 1 aliphatic carbocycles. The van der Waals surface area contributed by atoms with E-state index in [0.717, 1.165) is 25.7 Å². The highest BCUT2D eigenvalue weighted by Crippen LogP contribution is 2.46. The molecule has 2 rings (SSSR count). The van der Waals surface area contributed by atoms with Gasteiger partial charge in [0, 0.05) is 25.4 Å². The van der Waals surface area contributed by atoms with Crippen molar-refractivity contribution in [3.05, 3.63) is 0 Å². The summed E-state index contributed by atoms with van der Waals surface area (Å²) in [6.45, 7) is 4.40. The van der Waals surface area contributed by atoms with Gasteiger partial charge >= 0.3 is 12.0 Å². The summed E-state index contributed by atoms with van der Waals surface area (Å²) < 4.78 is 5.46. The van der Waals surface area contributed by atoms with Crippen LogP contribution in [0.4, 0.5) is 4.79 Å². The van der Waals surface area contributed by atoms with Gasteiger partial charge in [-0.05, 0) is 18.8 Å². The molecule has 2 fully saturated rings. The van der Waals surface area contributed by atoms with Crippen molar-refractivity contribution in [1.29, 1.82) is 0 Å². The van der Waals surface area contributed by atoms with E-state index in [1.807, 2.05) is 13.8 Å². The minimum absolute atomic E-state index is 0.191. The molecule has 1 atom stereocenters. The number of carbonyl (C=O) groups is 2. The Labute approximate surface area is 119 Å². The number of hydrogen-bond donors (Lipinski definition) is 1. The molecule has 1 heterocycles. The van der Waals surface area contributed by atoms with Crippen molar-refractivity contribution in [1.82, 2.24) is 9.96 Å². The third-order valence-corrected chi connectivity index (χ3v) is 4.24. The van der Waals surface area contributed by atoms with Gasteiger partial charge in [0.1, 0.15) is 0 Å². The minimum Gasteiger partial charge on any atom is -0.438 e. The normalized spacial score (nSPS) is 25.6. The summed E-state index contributed by atoms with van der Waals surface area (Å²) in [5.74, 6) is -0.163. The SMILES string of the molecule is CC(C)CC(=O)OC1N(O)C(=O)N(C)CC12CCCC2. The smallest absolute Gasteiger partial charge is 0.346 e. The van der Waals surface area contributed by atoms with E-state index in [1.54, 1.807) is 7.05 Å². The summed E-state index contributed by atoms with van der Waals surface area (Å²) in [5.41, 5.74) is -0.329. The number of hydrogen-bond acceptors (Lipinski definition) is 4. The molecule has 20 heavy (non-hydrogen) atoms. The molecule has 1 unspecified atom stereocenters. The second-order valence-electron chi connectivity index (χ2n) is 6.49. The number of nitrogens with zero attached hydrogens (tertiary/aromatic N) is 2. The maximum absolute atomic E-state index is 11.9. The molecule has 0 bridgehead atoms. The van der Waals surface area contributed by atoms with Crippen LogP contribution in [-0.2, 0) is 9.53 Å². The van der Waals surface area contributed by atoms with E-state index in [2.05, 4.69) is 0 Å². The lowest BCUT2D eigenvalue weighted by atomic mass is 9.82. The van der Waals surface area contributed by atoms with E-state index < -0.39 is 12.3 Å². The first-order chi connectivity index (χ1) is 9.35. The quantitative estimate of drug-likeness (QED) is 0.637. The molecule has 1 saturated carbocycles. The molecule has 1 N–H and O–H groups in total. The average molecular weight is 284 g/mol. The first-order valence-electron chi connectivity index (χ1n) is 7.28. The van der Waals surface area contributed by atoms with Gasteiger partial charge in [-0.3, -0.25) is 10.0 Å². The van der Waals surface area contributed by atoms with Crippen LogP contribution in [0.2, 0.25) is 0 Å². The lowest BCUT2D eigenvalue weighted by molar-refractivity contribution is -0.242. The van der Waals surface area contributed by atoms with E-state index >= 15 is 0 Å². The second kappa shape index (κ2) is 5.60. The summed E-state index contributed by atoms with van der Waals surface area (Å²) in [6, 6.07) is -0.509. The third-order valence-electron chi connectivity index (χ3n) is 4.24. The van der Waals surface area contributed by atoms with Crippen LogP contribution in [0.1, 0.15) is 46.0 Å². The Morgan fingerprint density at radius 1 is 1.45 bits per heavy atom. The van der Waals surface area contributed by atoms with Crippen LogP contribution in [0.25, 0.3) is 0 Å². The maximum Gasteiger partial charge on any atom is 0.346 e. The van der Waals surface area contributed by atoms with Crippen LogP contribution in [0.5, 0.6) is 0 Å². The monoisotopic (exact) mass is 284 g/mol. The molecule has 6 nitrogen and oxygen atoms in total. The van der Waals surface area contributed by atoms with Gasteiger partial charge in [-0.1, -0.05) is 26.7 Å². The van der Waals surface area contributed by atoms with E-state index in [4.69, 9.17) is 4.74 Å². The Morgan fingerprint density at radius 2 is 2.05 bits per heavy atom. The van der Waals surface area contributed by atoms with Gasteiger partial charge in [0.25, 0.3) is 0 Å². The van der Waals surface area contributed by atoms with Crippen LogP contribution < -0.4 is 0 Å². The van der Waals surface area contributed by atoms with E-state index in [9.17, 15) is 14.8 Å². The van der Waals surface area contributed by atoms with E-state index in [-0.39, 0.29) is 17.3 Å². The molecule has 0 aromatic rings. The molecule has 1 aliphatic heterocycles. The third kappa shape index (κ3) is 2.75. The largest absolute Gasteiger partial charge is 0.438 e. The number of rotatable bonds is 3. The van der Waals surface area contributed by atoms with Crippen LogP contribution in [0.15, 0.2) is 0 Å². The van der Waals surface area contributed by atoms with Crippen LogP contribution in [-0.4, -0.2) is 47.0 Å². The first kappa shape index (κ1) is 15.1. The summed E-state index contributed by atoms with van der Waals surface area (Å²) in [4.78, 5) is 25.3. The van der Waals surface area contributed by atoms with Gasteiger partial charge in [0.15, 0.2) is 0 Å². The lowest BCUT2D eigenvalue weighted by Crippen LogP contribution is -2.62. The van der Waals surface area contributed by atoms with Crippen molar-refractivity contribution in [2.45, 2.75) is 52.2 Å². The zero-order valence-corrected chi connectivity index (χ0v) is 12.5. The fourth-order valence-corrected chi connectivity index (χ4v) is 3.32. The number of esters is 1. The summed E-state index contributed by atoms with van der Waals surface area (Å²) in [5, 5.41) is 10.7. The predicted octanol–water partition coefficient (Wildman–Crippen LogP) is 2.22. The summed E-state index contributed by atoms with van der Waals surface area (Å²) in [6.07, 6.45) is 3.25. The van der Waals surface area contributed by atoms with Crippen LogP contribution in [0.3, 0.4) is 0 Å². The molecule has 2 aliphatic rings. The Morgan fingerprint density at radius 3 is 2.60 bits per heavy atom. The molecule has 6 heteroatoms. The van der Waals surface area contributed by atoms with Crippen molar-refractivity contribution >= 4 is 12.0 Å². The molecule has 0 aromatic carbocycles. The zero-order valence-electron chi connectivity index (χ0n) is 12.5. The van der Waals surface area contributed by atoms with E-state index in [0.29, 0.717) is 18.0 Å². The van der Waals surface area contributed by atoms with Crippen molar-refractivity contribution in [2.24, 2.45) is 11.3 Å². The van der Waals surface area contributed by atoms with Gasteiger partial charge in [-0.15, -0.1) is 0 Å². The summed E-state index contributed by atoms with van der Waals surface area (Å²) >= 11 is 0. The fourth-order valence-electron chi connectivity index (χ4n) is 3.32. The zero-order chi connectivity index (χ0) is 14.9. The first-order valence-corrected chi connectivity index (χ1v) is 7.28. The highest BCUT2D eigenvalue weighted by Gasteiger charge is 2.53. The Bertz CT molecular complexity index is 391. The number of carbonyl (C=O) groups excluding carboxylic acids is 2. The standard InChI is InChI=1S/C14H24N2O4/c1-10(2)8-11(17)20-12-14(6-4-5-7-14)9-15(3)13(18)16(12)19/h10,12,19H,4-9H2,1-3H3. The van der Waals surface area contributed by atoms with Crippen molar-refractivity contribution in [2.75, 3.05) is 13.6 Å².